The molecule has 98 valence electrons. The van der Waals surface area contributed by atoms with E-state index in [2.05, 4.69) is 4.98 Å². The van der Waals surface area contributed by atoms with Crippen molar-refractivity contribution in [2.75, 3.05) is 0 Å². The number of carboxylic acid groups (broad SMARTS) is 1. The fraction of sp³-hybridized carbons (Fsp3) is 0.143. The number of halogens is 1. The van der Waals surface area contributed by atoms with E-state index in [0.717, 1.165) is 5.56 Å². The molecule has 5 heteroatoms. The van der Waals surface area contributed by atoms with Gasteiger partial charge in [0.05, 0.1) is 0 Å². The molecular formula is C14H12ClNO3. The quantitative estimate of drug-likeness (QED) is 0.903. The third-order valence-electron chi connectivity index (χ3n) is 2.75. The zero-order chi connectivity index (χ0) is 13.8. The van der Waals surface area contributed by atoms with Crippen LogP contribution in [0.1, 0.15) is 12.0 Å². The van der Waals surface area contributed by atoms with Gasteiger partial charge in [0, 0.05) is 22.7 Å². The molecule has 2 rings (SSSR count). The van der Waals surface area contributed by atoms with Crippen LogP contribution in [0.25, 0.3) is 11.3 Å². The lowest BCUT2D eigenvalue weighted by Gasteiger charge is -2.04. The molecule has 2 N–H and O–H groups in total. The van der Waals surface area contributed by atoms with E-state index < -0.39 is 5.97 Å². The molecule has 0 atom stereocenters. The number of aliphatic carboxylic acids is 1. The van der Waals surface area contributed by atoms with Gasteiger partial charge in [-0.3, -0.25) is 9.59 Å². The van der Waals surface area contributed by atoms with Crippen molar-refractivity contribution in [3.05, 3.63) is 57.3 Å². The molecule has 0 aliphatic carbocycles. The molecule has 0 radical (unpaired) electrons. The highest BCUT2D eigenvalue weighted by Crippen LogP contribution is 2.18. The maximum absolute atomic E-state index is 11.8. The second-order valence-electron chi connectivity index (χ2n) is 4.13. The zero-order valence-electron chi connectivity index (χ0n) is 10.0. The van der Waals surface area contributed by atoms with Gasteiger partial charge in [-0.15, -0.1) is 0 Å². The summed E-state index contributed by atoms with van der Waals surface area (Å²) < 4.78 is 0. The number of hydrogen-bond donors (Lipinski definition) is 2. The van der Waals surface area contributed by atoms with Crippen LogP contribution in [0, 0.1) is 0 Å². The van der Waals surface area contributed by atoms with Gasteiger partial charge in [0.1, 0.15) is 0 Å². The van der Waals surface area contributed by atoms with E-state index in [4.69, 9.17) is 16.7 Å². The van der Waals surface area contributed by atoms with Crippen LogP contribution in [0.3, 0.4) is 0 Å². The second kappa shape index (κ2) is 5.71. The number of pyridine rings is 1. The molecule has 1 heterocycles. The Bertz CT molecular complexity index is 646. The first-order valence-corrected chi connectivity index (χ1v) is 6.14. The zero-order valence-corrected chi connectivity index (χ0v) is 10.8. The van der Waals surface area contributed by atoms with Crippen LogP contribution in [0.4, 0.5) is 0 Å². The second-order valence-corrected chi connectivity index (χ2v) is 4.56. The Balaban J connectivity index is 2.26. The smallest absolute Gasteiger partial charge is 0.303 e. The first-order chi connectivity index (χ1) is 9.06. The van der Waals surface area contributed by atoms with E-state index in [-0.39, 0.29) is 18.4 Å². The summed E-state index contributed by atoms with van der Waals surface area (Å²) in [6, 6.07) is 10.5. The van der Waals surface area contributed by atoms with Crippen LogP contribution >= 0.6 is 11.6 Å². The molecule has 1 aromatic heterocycles. The Morgan fingerprint density at radius 3 is 2.42 bits per heavy atom. The minimum atomic E-state index is -0.916. The van der Waals surface area contributed by atoms with Gasteiger partial charge in [0.2, 0.25) is 0 Å². The average molecular weight is 278 g/mol. The lowest BCUT2D eigenvalue weighted by Crippen LogP contribution is -2.14. The van der Waals surface area contributed by atoms with E-state index >= 15 is 0 Å². The van der Waals surface area contributed by atoms with Crippen molar-refractivity contribution in [1.29, 1.82) is 0 Å². The Kier molecular flexibility index (Phi) is 4.02. The van der Waals surface area contributed by atoms with Crippen molar-refractivity contribution in [3.8, 4) is 11.3 Å². The first kappa shape index (κ1) is 13.4. The van der Waals surface area contributed by atoms with Gasteiger partial charge in [-0.25, -0.2) is 0 Å². The van der Waals surface area contributed by atoms with Crippen LogP contribution in [-0.2, 0) is 11.2 Å². The van der Waals surface area contributed by atoms with Crippen LogP contribution in [0.15, 0.2) is 41.2 Å². The fourth-order valence-corrected chi connectivity index (χ4v) is 1.87. The number of rotatable bonds is 4. The van der Waals surface area contributed by atoms with E-state index in [1.807, 2.05) is 12.1 Å². The first-order valence-electron chi connectivity index (χ1n) is 5.76. The van der Waals surface area contributed by atoms with Gasteiger partial charge in [-0.1, -0.05) is 29.8 Å². The van der Waals surface area contributed by atoms with Crippen LogP contribution in [0.5, 0.6) is 0 Å². The Morgan fingerprint density at radius 1 is 1.16 bits per heavy atom. The average Bonchev–Trinajstić information content (AvgIpc) is 2.38. The highest BCUT2D eigenvalue weighted by atomic mass is 35.5. The minimum absolute atomic E-state index is 0.0522. The van der Waals surface area contributed by atoms with E-state index in [1.165, 1.54) is 0 Å². The van der Waals surface area contributed by atoms with Gasteiger partial charge in [-0.05, 0) is 30.2 Å². The number of hydrogen-bond acceptors (Lipinski definition) is 2. The van der Waals surface area contributed by atoms with Gasteiger partial charge in [0.15, 0.2) is 0 Å². The third-order valence-corrected chi connectivity index (χ3v) is 3.01. The molecule has 1 aromatic carbocycles. The van der Waals surface area contributed by atoms with Gasteiger partial charge in [-0.2, -0.15) is 0 Å². The SMILES string of the molecule is O=C(O)CCc1ccc(-c2ccc(Cl)cc2)[nH]c1=O. The molecule has 2 aromatic rings. The van der Waals surface area contributed by atoms with Crippen molar-refractivity contribution in [2.45, 2.75) is 12.8 Å². The number of aryl methyl sites for hydroxylation is 1. The number of nitrogens with one attached hydrogen (secondary N) is 1. The van der Waals surface area contributed by atoms with Gasteiger partial charge >= 0.3 is 5.97 Å². The fourth-order valence-electron chi connectivity index (χ4n) is 1.74. The molecule has 0 spiro atoms. The molecule has 0 amide bonds. The van der Waals surface area contributed by atoms with E-state index in [9.17, 15) is 9.59 Å². The molecule has 19 heavy (non-hydrogen) atoms. The van der Waals surface area contributed by atoms with Gasteiger partial charge < -0.3 is 10.1 Å². The van der Waals surface area contributed by atoms with Crippen LogP contribution < -0.4 is 5.56 Å². The molecular weight excluding hydrogens is 266 g/mol. The largest absolute Gasteiger partial charge is 0.481 e. The molecule has 0 saturated carbocycles. The van der Waals surface area contributed by atoms with E-state index in [0.29, 0.717) is 16.3 Å². The lowest BCUT2D eigenvalue weighted by molar-refractivity contribution is -0.136. The Hall–Kier alpha value is -2.07. The van der Waals surface area contributed by atoms with Crippen LogP contribution in [-0.4, -0.2) is 16.1 Å². The molecule has 0 bridgehead atoms. The van der Waals surface area contributed by atoms with Crippen molar-refractivity contribution in [1.82, 2.24) is 4.98 Å². The predicted octanol–water partition coefficient (Wildman–Crippen LogP) is 2.71. The van der Waals surface area contributed by atoms with Crippen molar-refractivity contribution in [3.63, 3.8) is 0 Å². The summed E-state index contributed by atoms with van der Waals surface area (Å²) in [6.45, 7) is 0. The summed E-state index contributed by atoms with van der Waals surface area (Å²) in [5, 5.41) is 9.23. The summed E-state index contributed by atoms with van der Waals surface area (Å²) in [4.78, 5) is 25.0. The topological polar surface area (TPSA) is 70.2 Å². The monoisotopic (exact) mass is 277 g/mol. The summed E-state index contributed by atoms with van der Waals surface area (Å²) in [6.07, 6.45) is 0.176. The maximum atomic E-state index is 11.8. The predicted molar refractivity (Wildman–Crippen MR) is 73.5 cm³/mol. The molecule has 0 aliphatic heterocycles. The molecule has 4 nitrogen and oxygen atoms in total. The summed E-state index contributed by atoms with van der Waals surface area (Å²) in [5.74, 6) is -0.916. The highest BCUT2D eigenvalue weighted by molar-refractivity contribution is 6.30. The van der Waals surface area contributed by atoms with Crippen molar-refractivity contribution >= 4 is 17.6 Å². The number of aromatic amines is 1. The highest BCUT2D eigenvalue weighted by Gasteiger charge is 2.05. The molecule has 0 unspecified atom stereocenters. The Labute approximate surface area is 114 Å². The number of aromatic nitrogens is 1. The number of carboxylic acids is 1. The molecule has 0 fully saturated rings. The summed E-state index contributed by atoms with van der Waals surface area (Å²) in [7, 11) is 0. The van der Waals surface area contributed by atoms with Gasteiger partial charge in [0.25, 0.3) is 5.56 Å². The standard InChI is InChI=1S/C14H12ClNO3/c15-11-5-1-9(2-6-11)12-7-3-10(14(19)16-12)4-8-13(17)18/h1-3,5-7H,4,8H2,(H,16,19)(H,17,18). The molecule has 0 saturated heterocycles. The number of carbonyl (C=O) groups is 1. The van der Waals surface area contributed by atoms with Crippen LogP contribution in [0.2, 0.25) is 5.02 Å². The normalized spacial score (nSPS) is 10.4. The van der Waals surface area contributed by atoms with Crippen molar-refractivity contribution < 1.29 is 9.90 Å². The van der Waals surface area contributed by atoms with E-state index in [1.54, 1.807) is 24.3 Å². The maximum Gasteiger partial charge on any atom is 0.303 e. The summed E-state index contributed by atoms with van der Waals surface area (Å²) in [5.41, 5.74) is 1.75. The minimum Gasteiger partial charge on any atom is -0.481 e. The number of H-pyrrole nitrogens is 1. The molecule has 0 aliphatic rings. The number of benzene rings is 1. The third kappa shape index (κ3) is 3.45. The lowest BCUT2D eigenvalue weighted by atomic mass is 10.1. The summed E-state index contributed by atoms with van der Waals surface area (Å²) >= 11 is 5.80. The van der Waals surface area contributed by atoms with Crippen molar-refractivity contribution in [2.24, 2.45) is 0 Å². The Morgan fingerprint density at radius 2 is 1.84 bits per heavy atom.